The molecule has 1 nitrogen and oxygen atoms in total. The molecule has 0 unspecified atom stereocenters. The second-order valence-electron chi connectivity index (χ2n) is 4.70. The molecular formula is C16H23N. The number of rotatable bonds is 5. The van der Waals surface area contributed by atoms with E-state index in [0.29, 0.717) is 0 Å². The fourth-order valence-electron chi connectivity index (χ4n) is 1.57. The Balaban J connectivity index is 5.79. The Kier molecular flexibility index (Phi) is 6.05. The van der Waals surface area contributed by atoms with Gasteiger partial charge in [0.15, 0.2) is 0 Å². The van der Waals surface area contributed by atoms with Crippen LogP contribution in [0.4, 0.5) is 0 Å². The average Bonchev–Trinajstić information content (AvgIpc) is 2.26. The van der Waals surface area contributed by atoms with Gasteiger partial charge in [0.1, 0.15) is 0 Å². The van der Waals surface area contributed by atoms with E-state index in [2.05, 4.69) is 40.5 Å². The van der Waals surface area contributed by atoms with Crippen LogP contribution in [0.5, 0.6) is 0 Å². The molecule has 92 valence electrons. The van der Waals surface area contributed by atoms with Crippen LogP contribution in [0.15, 0.2) is 73.0 Å². The first-order valence-electron chi connectivity index (χ1n) is 5.63. The molecule has 0 amide bonds. The van der Waals surface area contributed by atoms with E-state index in [1.54, 1.807) is 18.4 Å². The minimum absolute atomic E-state index is 0.0332. The molecule has 0 aromatic heterocycles. The van der Waals surface area contributed by atoms with Crippen LogP contribution in [0.2, 0.25) is 0 Å². The van der Waals surface area contributed by atoms with Crippen molar-refractivity contribution in [3.8, 4) is 0 Å². The Bertz CT molecular complexity index is 384. The molecule has 0 bridgehead atoms. The van der Waals surface area contributed by atoms with Gasteiger partial charge >= 0.3 is 0 Å². The highest BCUT2D eigenvalue weighted by molar-refractivity contribution is 5.52. The van der Waals surface area contributed by atoms with Crippen LogP contribution >= 0.6 is 0 Å². The molecule has 17 heavy (non-hydrogen) atoms. The standard InChI is InChI=1S/C16H23N/c1-7-10-11-13(8-2)14(9-3)15(12-17)16(4,5)6/h7-12H,1-3,17H2,4-6H3/b11-10-,14-13+,15-12+. The molecule has 0 aliphatic heterocycles. The van der Waals surface area contributed by atoms with Crippen LogP contribution in [0, 0.1) is 5.41 Å². The van der Waals surface area contributed by atoms with Crippen LogP contribution in [0.3, 0.4) is 0 Å². The predicted octanol–water partition coefficient (Wildman–Crippen LogP) is 4.29. The SMILES string of the molecule is C=C\C=C/C(C=C)=C(C=C)/C(=C\N)C(C)(C)C. The highest BCUT2D eigenvalue weighted by atomic mass is 14.5. The summed E-state index contributed by atoms with van der Waals surface area (Å²) >= 11 is 0. The highest BCUT2D eigenvalue weighted by Crippen LogP contribution is 2.33. The van der Waals surface area contributed by atoms with E-state index in [1.165, 1.54) is 0 Å². The molecule has 2 N–H and O–H groups in total. The Morgan fingerprint density at radius 2 is 1.65 bits per heavy atom. The molecule has 0 atom stereocenters. The molecule has 0 fully saturated rings. The molecule has 0 saturated heterocycles. The van der Waals surface area contributed by atoms with Gasteiger partial charge in [0.25, 0.3) is 0 Å². The maximum Gasteiger partial charge on any atom is -0.00181 e. The lowest BCUT2D eigenvalue weighted by atomic mass is 9.80. The van der Waals surface area contributed by atoms with Crippen LogP contribution in [-0.4, -0.2) is 0 Å². The third kappa shape index (κ3) is 4.31. The van der Waals surface area contributed by atoms with Crippen LogP contribution in [-0.2, 0) is 0 Å². The highest BCUT2D eigenvalue weighted by Gasteiger charge is 2.20. The smallest absolute Gasteiger partial charge is 0.00181 e. The fraction of sp³-hybridized carbons (Fsp3) is 0.250. The van der Waals surface area contributed by atoms with Gasteiger partial charge in [-0.2, -0.15) is 0 Å². The first-order valence-corrected chi connectivity index (χ1v) is 5.63. The maximum atomic E-state index is 5.73. The average molecular weight is 229 g/mol. The Hall–Kier alpha value is -1.76. The van der Waals surface area contributed by atoms with E-state index in [0.717, 1.165) is 16.7 Å². The molecule has 0 radical (unpaired) electrons. The van der Waals surface area contributed by atoms with Gasteiger partial charge in [-0.05, 0) is 28.3 Å². The molecule has 0 aromatic carbocycles. The number of hydrogen-bond acceptors (Lipinski definition) is 1. The molecule has 0 aliphatic carbocycles. The van der Waals surface area contributed by atoms with Crippen molar-refractivity contribution in [1.82, 2.24) is 0 Å². The summed E-state index contributed by atoms with van der Waals surface area (Å²) < 4.78 is 0. The van der Waals surface area contributed by atoms with Crippen molar-refractivity contribution in [2.24, 2.45) is 11.1 Å². The summed E-state index contributed by atoms with van der Waals surface area (Å²) in [6.45, 7) is 17.7. The summed E-state index contributed by atoms with van der Waals surface area (Å²) in [5.41, 5.74) is 8.75. The second kappa shape index (κ2) is 6.74. The van der Waals surface area contributed by atoms with Crippen LogP contribution in [0.1, 0.15) is 20.8 Å². The third-order valence-corrected chi connectivity index (χ3v) is 2.41. The van der Waals surface area contributed by atoms with Gasteiger partial charge in [-0.1, -0.05) is 70.9 Å². The van der Waals surface area contributed by atoms with Crippen molar-refractivity contribution in [1.29, 1.82) is 0 Å². The lowest BCUT2D eigenvalue weighted by Gasteiger charge is -2.24. The van der Waals surface area contributed by atoms with Crippen molar-refractivity contribution in [3.63, 3.8) is 0 Å². The van der Waals surface area contributed by atoms with Gasteiger partial charge in [-0.25, -0.2) is 0 Å². The molecule has 0 spiro atoms. The van der Waals surface area contributed by atoms with E-state index >= 15 is 0 Å². The van der Waals surface area contributed by atoms with E-state index < -0.39 is 0 Å². The van der Waals surface area contributed by atoms with E-state index in [1.807, 2.05) is 18.2 Å². The zero-order valence-electron chi connectivity index (χ0n) is 11.2. The summed E-state index contributed by atoms with van der Waals surface area (Å²) in [4.78, 5) is 0. The number of hydrogen-bond donors (Lipinski definition) is 1. The van der Waals surface area contributed by atoms with Crippen LogP contribution < -0.4 is 5.73 Å². The summed E-state index contributed by atoms with van der Waals surface area (Å²) in [7, 11) is 0. The summed E-state index contributed by atoms with van der Waals surface area (Å²) in [5, 5.41) is 0. The van der Waals surface area contributed by atoms with Crippen LogP contribution in [0.25, 0.3) is 0 Å². The largest absolute Gasteiger partial charge is 0.404 e. The number of nitrogens with two attached hydrogens (primary N) is 1. The van der Waals surface area contributed by atoms with Crippen molar-refractivity contribution in [2.45, 2.75) is 20.8 Å². The maximum absolute atomic E-state index is 5.73. The zero-order chi connectivity index (χ0) is 13.5. The lowest BCUT2D eigenvalue weighted by molar-refractivity contribution is 0.511. The van der Waals surface area contributed by atoms with Crippen molar-refractivity contribution in [3.05, 3.63) is 73.0 Å². The zero-order valence-corrected chi connectivity index (χ0v) is 11.2. The summed E-state index contributed by atoms with van der Waals surface area (Å²) in [5.74, 6) is 0. The summed E-state index contributed by atoms with van der Waals surface area (Å²) in [6, 6.07) is 0. The minimum Gasteiger partial charge on any atom is -0.404 e. The monoisotopic (exact) mass is 229 g/mol. The van der Waals surface area contributed by atoms with Gasteiger partial charge in [-0.15, -0.1) is 0 Å². The third-order valence-electron chi connectivity index (χ3n) is 2.41. The fourth-order valence-corrected chi connectivity index (χ4v) is 1.57. The Labute approximate surface area is 105 Å². The predicted molar refractivity (Wildman–Crippen MR) is 78.5 cm³/mol. The van der Waals surface area contributed by atoms with Gasteiger partial charge in [0.05, 0.1) is 0 Å². The first kappa shape index (κ1) is 15.2. The van der Waals surface area contributed by atoms with Crippen molar-refractivity contribution in [2.75, 3.05) is 0 Å². The van der Waals surface area contributed by atoms with Crippen molar-refractivity contribution >= 4 is 0 Å². The quantitative estimate of drug-likeness (QED) is 0.699. The van der Waals surface area contributed by atoms with E-state index in [-0.39, 0.29) is 5.41 Å². The second-order valence-corrected chi connectivity index (χ2v) is 4.70. The Morgan fingerprint density at radius 1 is 1.06 bits per heavy atom. The molecule has 0 aliphatic rings. The minimum atomic E-state index is -0.0332. The van der Waals surface area contributed by atoms with E-state index in [9.17, 15) is 0 Å². The number of allylic oxidation sites excluding steroid dienone is 8. The lowest BCUT2D eigenvalue weighted by Crippen LogP contribution is -2.13. The van der Waals surface area contributed by atoms with Gasteiger partial charge in [0, 0.05) is 0 Å². The molecule has 1 heteroatoms. The van der Waals surface area contributed by atoms with Crippen molar-refractivity contribution < 1.29 is 0 Å². The first-order chi connectivity index (χ1) is 7.92. The molecule has 0 saturated carbocycles. The van der Waals surface area contributed by atoms with E-state index in [4.69, 9.17) is 5.73 Å². The molecular weight excluding hydrogens is 206 g/mol. The summed E-state index contributed by atoms with van der Waals surface area (Å²) in [6.07, 6.45) is 10.8. The topological polar surface area (TPSA) is 26.0 Å². The van der Waals surface area contributed by atoms with Gasteiger partial charge < -0.3 is 5.73 Å². The normalized spacial score (nSPS) is 14.4. The Morgan fingerprint density at radius 3 is 1.94 bits per heavy atom. The molecule has 0 heterocycles. The van der Waals surface area contributed by atoms with Gasteiger partial charge in [0.2, 0.25) is 0 Å². The van der Waals surface area contributed by atoms with Gasteiger partial charge in [-0.3, -0.25) is 0 Å². The molecule has 0 rings (SSSR count). The molecule has 0 aromatic rings.